The number of thiophene rings is 1. The van der Waals surface area contributed by atoms with Gasteiger partial charge in [0.25, 0.3) is 5.91 Å². The zero-order valence-electron chi connectivity index (χ0n) is 14.2. The molecule has 2 aromatic heterocycles. The molecule has 8 heteroatoms. The van der Waals surface area contributed by atoms with Crippen LogP contribution in [0.4, 0.5) is 0 Å². The second-order valence-corrected chi connectivity index (χ2v) is 7.03. The second-order valence-electron chi connectivity index (χ2n) is 6.25. The molecule has 4 rings (SSSR count). The van der Waals surface area contributed by atoms with Crippen molar-refractivity contribution in [1.82, 2.24) is 25.1 Å². The summed E-state index contributed by atoms with van der Waals surface area (Å²) in [6.45, 7) is 1.99. The third-order valence-electron chi connectivity index (χ3n) is 4.42. The SMILES string of the molecule is O=C(c1ccc(-n2cnnn2)cc1)N(Cc1ccsc1)CC1CCCO1. The van der Waals surface area contributed by atoms with Crippen molar-refractivity contribution in [3.05, 3.63) is 58.5 Å². The van der Waals surface area contributed by atoms with Crippen molar-refractivity contribution in [2.24, 2.45) is 0 Å². The molecule has 1 atom stereocenters. The van der Waals surface area contributed by atoms with Gasteiger partial charge in [-0.05, 0) is 69.9 Å². The van der Waals surface area contributed by atoms with Gasteiger partial charge in [0.1, 0.15) is 6.33 Å². The Kier molecular flexibility index (Phi) is 5.03. The molecule has 1 aliphatic rings. The molecule has 134 valence electrons. The number of carbonyl (C=O) groups is 1. The summed E-state index contributed by atoms with van der Waals surface area (Å²) in [5.41, 5.74) is 2.61. The number of aromatic nitrogens is 4. The first-order chi connectivity index (χ1) is 12.8. The van der Waals surface area contributed by atoms with Gasteiger partial charge in [0, 0.05) is 25.3 Å². The maximum Gasteiger partial charge on any atom is 0.254 e. The lowest BCUT2D eigenvalue weighted by atomic mass is 10.1. The first kappa shape index (κ1) is 16.9. The monoisotopic (exact) mass is 369 g/mol. The smallest absolute Gasteiger partial charge is 0.254 e. The number of hydrogen-bond acceptors (Lipinski definition) is 6. The molecule has 1 fully saturated rings. The summed E-state index contributed by atoms with van der Waals surface area (Å²) in [4.78, 5) is 15.0. The third kappa shape index (κ3) is 3.81. The zero-order valence-corrected chi connectivity index (χ0v) is 15.0. The van der Waals surface area contributed by atoms with Crippen molar-refractivity contribution in [3.63, 3.8) is 0 Å². The van der Waals surface area contributed by atoms with E-state index in [2.05, 4.69) is 27.0 Å². The number of amides is 1. The molecule has 3 aromatic rings. The van der Waals surface area contributed by atoms with E-state index in [9.17, 15) is 4.79 Å². The molecule has 7 nitrogen and oxygen atoms in total. The quantitative estimate of drug-likeness (QED) is 0.668. The van der Waals surface area contributed by atoms with Gasteiger partial charge in [-0.15, -0.1) is 5.10 Å². The molecule has 1 aliphatic heterocycles. The normalized spacial score (nSPS) is 16.7. The largest absolute Gasteiger partial charge is 0.376 e. The molecular weight excluding hydrogens is 350 g/mol. The Hall–Kier alpha value is -2.58. The Morgan fingerprint density at radius 2 is 2.19 bits per heavy atom. The van der Waals surface area contributed by atoms with E-state index in [1.165, 1.54) is 6.33 Å². The molecule has 1 unspecified atom stereocenters. The average Bonchev–Trinajstić information content (AvgIpc) is 3.43. The van der Waals surface area contributed by atoms with Crippen LogP contribution in [-0.2, 0) is 11.3 Å². The topological polar surface area (TPSA) is 73.1 Å². The summed E-state index contributed by atoms with van der Waals surface area (Å²) >= 11 is 1.64. The molecule has 0 bridgehead atoms. The standard InChI is InChI=1S/C18H19N5O2S/c24-18(15-3-5-16(6-4-15)23-13-19-20-21-23)22(10-14-7-9-26-12-14)11-17-2-1-8-25-17/h3-7,9,12-13,17H,1-2,8,10-11H2. The number of tetrazole rings is 1. The molecular formula is C18H19N5O2S. The Balaban J connectivity index is 1.52. The van der Waals surface area contributed by atoms with Crippen LogP contribution < -0.4 is 0 Å². The number of carbonyl (C=O) groups excluding carboxylic acids is 1. The van der Waals surface area contributed by atoms with E-state index in [-0.39, 0.29) is 12.0 Å². The first-order valence-electron chi connectivity index (χ1n) is 8.55. The average molecular weight is 369 g/mol. The fraction of sp³-hybridized carbons (Fsp3) is 0.333. The number of nitrogens with zero attached hydrogens (tertiary/aromatic N) is 5. The van der Waals surface area contributed by atoms with Gasteiger partial charge in [0.05, 0.1) is 11.8 Å². The molecule has 3 heterocycles. The van der Waals surface area contributed by atoms with Crippen molar-refractivity contribution in [2.45, 2.75) is 25.5 Å². The van der Waals surface area contributed by atoms with E-state index < -0.39 is 0 Å². The molecule has 0 saturated carbocycles. The van der Waals surface area contributed by atoms with Crippen molar-refractivity contribution in [1.29, 1.82) is 0 Å². The lowest BCUT2D eigenvalue weighted by molar-refractivity contribution is 0.0507. The maximum absolute atomic E-state index is 13.1. The summed E-state index contributed by atoms with van der Waals surface area (Å²) in [5, 5.41) is 15.2. The van der Waals surface area contributed by atoms with E-state index in [0.29, 0.717) is 18.7 Å². The predicted molar refractivity (Wildman–Crippen MR) is 97.2 cm³/mol. The number of rotatable bonds is 6. The third-order valence-corrected chi connectivity index (χ3v) is 5.15. The van der Waals surface area contributed by atoms with E-state index in [1.807, 2.05) is 34.5 Å². The maximum atomic E-state index is 13.1. The minimum atomic E-state index is 0.00923. The first-order valence-corrected chi connectivity index (χ1v) is 9.49. The predicted octanol–water partition coefficient (Wildman–Crippen LogP) is 2.55. The molecule has 0 spiro atoms. The van der Waals surface area contributed by atoms with Crippen LogP contribution in [0.5, 0.6) is 0 Å². The summed E-state index contributed by atoms with van der Waals surface area (Å²) in [6, 6.07) is 9.38. The van der Waals surface area contributed by atoms with Crippen molar-refractivity contribution in [3.8, 4) is 5.69 Å². The molecule has 0 aliphatic carbocycles. The highest BCUT2D eigenvalue weighted by atomic mass is 32.1. The van der Waals surface area contributed by atoms with Crippen LogP contribution in [0.2, 0.25) is 0 Å². The van der Waals surface area contributed by atoms with Gasteiger partial charge < -0.3 is 9.64 Å². The fourth-order valence-corrected chi connectivity index (χ4v) is 3.74. The van der Waals surface area contributed by atoms with E-state index >= 15 is 0 Å². The highest BCUT2D eigenvalue weighted by molar-refractivity contribution is 7.07. The van der Waals surface area contributed by atoms with Crippen LogP contribution in [-0.4, -0.2) is 50.3 Å². The second kappa shape index (κ2) is 7.76. The zero-order chi connectivity index (χ0) is 17.8. The molecule has 1 amide bonds. The number of hydrogen-bond donors (Lipinski definition) is 0. The summed E-state index contributed by atoms with van der Waals surface area (Å²) in [7, 11) is 0. The summed E-state index contributed by atoms with van der Waals surface area (Å²) in [6.07, 6.45) is 3.72. The molecule has 0 radical (unpaired) electrons. The van der Waals surface area contributed by atoms with E-state index in [0.717, 1.165) is 30.7 Å². The molecule has 1 saturated heterocycles. The van der Waals surface area contributed by atoms with Crippen LogP contribution in [0.1, 0.15) is 28.8 Å². The Bertz CT molecular complexity index is 827. The highest BCUT2D eigenvalue weighted by Gasteiger charge is 2.23. The Morgan fingerprint density at radius 3 is 2.85 bits per heavy atom. The lowest BCUT2D eigenvalue weighted by Gasteiger charge is -2.25. The highest BCUT2D eigenvalue weighted by Crippen LogP contribution is 2.19. The van der Waals surface area contributed by atoms with E-state index in [4.69, 9.17) is 4.74 Å². The number of ether oxygens (including phenoxy) is 1. The van der Waals surface area contributed by atoms with Crippen LogP contribution in [0.25, 0.3) is 5.69 Å². The van der Waals surface area contributed by atoms with Gasteiger partial charge in [-0.3, -0.25) is 4.79 Å². The van der Waals surface area contributed by atoms with E-state index in [1.54, 1.807) is 16.0 Å². The Morgan fingerprint density at radius 1 is 1.31 bits per heavy atom. The lowest BCUT2D eigenvalue weighted by Crippen LogP contribution is -2.36. The number of benzene rings is 1. The van der Waals surface area contributed by atoms with Gasteiger partial charge in [-0.1, -0.05) is 0 Å². The minimum Gasteiger partial charge on any atom is -0.376 e. The molecule has 0 N–H and O–H groups in total. The van der Waals surface area contributed by atoms with Crippen molar-refractivity contribution < 1.29 is 9.53 Å². The van der Waals surface area contributed by atoms with Gasteiger partial charge >= 0.3 is 0 Å². The van der Waals surface area contributed by atoms with Crippen LogP contribution in [0.15, 0.2) is 47.4 Å². The van der Waals surface area contributed by atoms with Crippen LogP contribution >= 0.6 is 11.3 Å². The van der Waals surface area contributed by atoms with Crippen LogP contribution in [0.3, 0.4) is 0 Å². The van der Waals surface area contributed by atoms with Gasteiger partial charge in [-0.25, -0.2) is 4.68 Å². The van der Waals surface area contributed by atoms with Gasteiger partial charge in [0.15, 0.2) is 0 Å². The van der Waals surface area contributed by atoms with Crippen LogP contribution in [0, 0.1) is 0 Å². The van der Waals surface area contributed by atoms with Crippen molar-refractivity contribution in [2.75, 3.05) is 13.2 Å². The Labute approximate surface area is 155 Å². The molecule has 26 heavy (non-hydrogen) atoms. The van der Waals surface area contributed by atoms with Gasteiger partial charge in [0.2, 0.25) is 0 Å². The van der Waals surface area contributed by atoms with Gasteiger partial charge in [-0.2, -0.15) is 11.3 Å². The molecule has 1 aromatic carbocycles. The fourth-order valence-electron chi connectivity index (χ4n) is 3.08. The van der Waals surface area contributed by atoms with Crippen molar-refractivity contribution >= 4 is 17.2 Å². The summed E-state index contributed by atoms with van der Waals surface area (Å²) in [5.74, 6) is 0.00923. The minimum absolute atomic E-state index is 0.00923. The summed E-state index contributed by atoms with van der Waals surface area (Å²) < 4.78 is 7.30.